The van der Waals surface area contributed by atoms with E-state index in [1.54, 1.807) is 23.0 Å². The molecule has 4 aromatic heterocycles. The SMILES string of the molecule is NS(=O)(=O)CC[C@H]1C[C@@H](Nc2ncncc2C(=O)c2ccn(Cc3cccc(Br)c3)n2)C[C@@H]1O.NS(=O)(=O)OC[C@H]1C[C@@H](Nc2ncncc2C(=O)c2ccn(Cc3ccccc3OC(F)(F)F)n2)C[C@@H]1O. The lowest BCUT2D eigenvalue weighted by Gasteiger charge is -2.15. The van der Waals surface area contributed by atoms with Crippen LogP contribution in [0.25, 0.3) is 0 Å². The maximum atomic E-state index is 13.2. The number of carbonyl (C=O) groups excluding carboxylic acids is 2. The van der Waals surface area contributed by atoms with Crippen LogP contribution in [0.4, 0.5) is 24.8 Å². The Hall–Kier alpha value is -6.27. The van der Waals surface area contributed by atoms with Crippen molar-refractivity contribution in [3.05, 3.63) is 136 Å². The lowest BCUT2D eigenvalue weighted by Crippen LogP contribution is -2.24. The Kier molecular flexibility index (Phi) is 17.2. The van der Waals surface area contributed by atoms with Gasteiger partial charge >= 0.3 is 16.7 Å². The number of rotatable bonds is 19. The third-order valence-electron chi connectivity index (χ3n) is 11.6. The summed E-state index contributed by atoms with van der Waals surface area (Å²) in [6.45, 7) is 0.142. The van der Waals surface area contributed by atoms with E-state index in [1.165, 1.54) is 60.2 Å². The Morgan fingerprint density at radius 3 is 1.88 bits per heavy atom. The van der Waals surface area contributed by atoms with Crippen LogP contribution in [0.15, 0.2) is 103 Å². The van der Waals surface area contributed by atoms with Gasteiger partial charge in [-0.15, -0.1) is 13.2 Å². The molecule has 6 atom stereocenters. The molecule has 0 aliphatic heterocycles. The van der Waals surface area contributed by atoms with Gasteiger partial charge in [0.1, 0.15) is 41.4 Å². The van der Waals surface area contributed by atoms with Gasteiger partial charge in [0.2, 0.25) is 21.6 Å². The zero-order valence-corrected chi connectivity index (χ0v) is 41.0. The first-order valence-corrected chi connectivity index (χ1v) is 25.9. The highest BCUT2D eigenvalue weighted by Gasteiger charge is 2.36. The third kappa shape index (κ3) is 15.4. The summed E-state index contributed by atoms with van der Waals surface area (Å²) in [5, 5.41) is 45.4. The monoisotopic (exact) mass is 1100 g/mol. The molecule has 0 spiro atoms. The number of hydrogen-bond acceptors (Lipinski definition) is 18. The normalized spacial score (nSPS) is 20.1. The van der Waals surface area contributed by atoms with Gasteiger partial charge in [0.15, 0.2) is 0 Å². The number of nitrogens with two attached hydrogens (primary N) is 2. The number of para-hydroxylation sites is 1. The van der Waals surface area contributed by atoms with Crippen LogP contribution in [-0.2, 0) is 37.6 Å². The Morgan fingerprint density at radius 2 is 1.32 bits per heavy atom. The number of halogens is 4. The number of anilines is 2. The van der Waals surface area contributed by atoms with Gasteiger partial charge in [-0.05, 0) is 73.9 Å². The number of hydrogen-bond donors (Lipinski definition) is 6. The number of aliphatic hydroxyl groups is 2. The Bertz CT molecular complexity index is 3090. The number of aliphatic hydroxyl groups excluding tert-OH is 2. The summed E-state index contributed by atoms with van der Waals surface area (Å²) >= 11 is 3.45. The fourth-order valence-corrected chi connectivity index (χ4v) is 9.75. The molecule has 4 heterocycles. The summed E-state index contributed by atoms with van der Waals surface area (Å²) in [5.41, 5.74) is 1.87. The number of benzene rings is 2. The molecule has 2 aliphatic rings. The first-order valence-electron chi connectivity index (χ1n) is 22.0. The lowest BCUT2D eigenvalue weighted by atomic mass is 10.0. The number of nitrogens with one attached hydrogen (secondary N) is 2. The van der Waals surface area contributed by atoms with E-state index in [0.29, 0.717) is 31.6 Å². The van der Waals surface area contributed by atoms with E-state index in [2.05, 4.69) is 65.6 Å². The van der Waals surface area contributed by atoms with Crippen LogP contribution in [0.3, 0.4) is 0 Å². The molecule has 2 saturated carbocycles. The van der Waals surface area contributed by atoms with Gasteiger partial charge in [-0.25, -0.2) is 38.6 Å². The van der Waals surface area contributed by atoms with Gasteiger partial charge in [0.25, 0.3) is 0 Å². The Labute approximate surface area is 418 Å². The summed E-state index contributed by atoms with van der Waals surface area (Å²) in [4.78, 5) is 42.6. The molecule has 0 bridgehead atoms. The van der Waals surface area contributed by atoms with E-state index >= 15 is 0 Å². The molecule has 8 rings (SSSR count). The van der Waals surface area contributed by atoms with Crippen LogP contribution < -0.4 is 25.6 Å². The highest BCUT2D eigenvalue weighted by molar-refractivity contribution is 9.10. The van der Waals surface area contributed by atoms with Gasteiger partial charge in [0, 0.05) is 52.8 Å². The largest absolute Gasteiger partial charge is 0.573 e. The highest BCUT2D eigenvalue weighted by Crippen LogP contribution is 2.33. The zero-order chi connectivity index (χ0) is 51.8. The summed E-state index contributed by atoms with van der Waals surface area (Å²) in [6.07, 6.45) is 3.89. The second-order valence-electron chi connectivity index (χ2n) is 17.0. The minimum Gasteiger partial charge on any atom is -0.405 e. The first kappa shape index (κ1) is 53.5. The number of carbonyl (C=O) groups is 2. The van der Waals surface area contributed by atoms with Crippen molar-refractivity contribution in [3.63, 3.8) is 0 Å². The van der Waals surface area contributed by atoms with E-state index in [0.717, 1.165) is 10.0 Å². The number of sulfonamides is 1. The van der Waals surface area contributed by atoms with Gasteiger partial charge in [-0.2, -0.15) is 18.6 Å². The van der Waals surface area contributed by atoms with Crippen LogP contribution in [0.2, 0.25) is 0 Å². The van der Waals surface area contributed by atoms with Crippen molar-refractivity contribution in [2.45, 2.75) is 75.8 Å². The topological polar surface area (TPSA) is 325 Å². The van der Waals surface area contributed by atoms with E-state index < -0.39 is 50.6 Å². The summed E-state index contributed by atoms with van der Waals surface area (Å²) in [6, 6.07) is 16.0. The van der Waals surface area contributed by atoms with Crippen molar-refractivity contribution in [2.75, 3.05) is 23.0 Å². The van der Waals surface area contributed by atoms with Crippen LogP contribution in [-0.4, -0.2) is 121 Å². The molecule has 2 aliphatic carbocycles. The average molecular weight is 1110 g/mol. The number of ketones is 2. The Balaban J connectivity index is 0.000000213. The van der Waals surface area contributed by atoms with E-state index in [-0.39, 0.29) is 95.2 Å². The molecule has 22 nitrogen and oxygen atoms in total. The van der Waals surface area contributed by atoms with Crippen LogP contribution in [0.5, 0.6) is 5.75 Å². The number of primary sulfonamides is 1. The fourth-order valence-electron chi connectivity index (χ4n) is 8.31. The molecule has 8 N–H and O–H groups in total. The minimum atomic E-state index is -4.86. The standard InChI is InChI=1S/C22H25BrN6O4S.C22H23F3N6O6S/c23-16-3-1-2-14(8-16)12-29-6-4-19(28-29)21(31)18-11-25-13-26-22(18)27-17-9-15(20(30)10-17)5-7-34(24,32)33;23-22(24,25)37-19-4-2-1-3-13(19)10-31-6-5-17(30-31)20(33)16-9-27-12-28-21(16)29-15-7-14(18(32)8-15)11-36-38(26,34)35/h1-4,6,8,11,13,15,17,20,30H,5,7,9-10,12H2,(H2,24,32,33)(H,25,26,27);1-6,9,12,14-15,18,32H,7-8,10-11H2,(H2,26,34,35)(H,27,28,29)/t15-,17+,20-;14-,15-,18+/m01/s1. The second kappa shape index (κ2) is 23.1. The smallest absolute Gasteiger partial charge is 0.405 e. The maximum Gasteiger partial charge on any atom is 0.573 e. The van der Waals surface area contributed by atoms with Gasteiger partial charge < -0.3 is 25.6 Å². The van der Waals surface area contributed by atoms with Crippen molar-refractivity contribution in [2.24, 2.45) is 22.1 Å². The van der Waals surface area contributed by atoms with E-state index in [1.807, 2.05) is 24.3 Å². The average Bonchev–Trinajstić information content (AvgIpc) is 4.13. The minimum absolute atomic E-state index is 0.00274. The molecule has 0 unspecified atom stereocenters. The molecule has 2 aromatic carbocycles. The molecule has 2 fully saturated rings. The van der Waals surface area contributed by atoms with Crippen LogP contribution >= 0.6 is 15.9 Å². The van der Waals surface area contributed by atoms with Crippen molar-refractivity contribution < 1.29 is 58.7 Å². The molecule has 0 radical (unpaired) electrons. The van der Waals surface area contributed by atoms with Crippen molar-refractivity contribution in [1.29, 1.82) is 0 Å². The lowest BCUT2D eigenvalue weighted by molar-refractivity contribution is -0.274. The first-order chi connectivity index (χ1) is 34.1. The van der Waals surface area contributed by atoms with Gasteiger partial charge in [-0.1, -0.05) is 46.3 Å². The van der Waals surface area contributed by atoms with Crippen molar-refractivity contribution in [3.8, 4) is 5.75 Å². The molecule has 72 heavy (non-hydrogen) atoms. The summed E-state index contributed by atoms with van der Waals surface area (Å²) < 4.78 is 95.3. The van der Waals surface area contributed by atoms with Gasteiger partial charge in [-0.3, -0.25) is 23.1 Å². The summed E-state index contributed by atoms with van der Waals surface area (Å²) in [7, 11) is -7.74. The molecular formula is C44H48BrF3N12O10S2. The number of alkyl halides is 3. The van der Waals surface area contributed by atoms with E-state index in [4.69, 9.17) is 10.3 Å². The van der Waals surface area contributed by atoms with Gasteiger partial charge in [0.05, 0.1) is 48.8 Å². The molecule has 28 heteroatoms. The van der Waals surface area contributed by atoms with Crippen LogP contribution in [0, 0.1) is 11.8 Å². The number of nitrogens with zero attached hydrogens (tertiary/aromatic N) is 8. The third-order valence-corrected chi connectivity index (χ3v) is 13.4. The van der Waals surface area contributed by atoms with Crippen molar-refractivity contribution in [1.82, 2.24) is 39.5 Å². The molecule has 0 amide bonds. The number of aromatic nitrogens is 8. The van der Waals surface area contributed by atoms with Crippen molar-refractivity contribution >= 4 is 59.5 Å². The molecule has 384 valence electrons. The predicted molar refractivity (Wildman–Crippen MR) is 255 cm³/mol. The van der Waals surface area contributed by atoms with E-state index in [9.17, 15) is 49.8 Å². The summed E-state index contributed by atoms with van der Waals surface area (Å²) in [5.74, 6) is -1.60. The Morgan fingerprint density at radius 1 is 0.764 bits per heavy atom. The molecular weight excluding hydrogens is 1060 g/mol. The fraction of sp³-hybridized carbons (Fsp3) is 0.364. The maximum absolute atomic E-state index is 13.2. The molecule has 6 aromatic rings. The quantitative estimate of drug-likeness (QED) is 0.0632. The molecule has 0 saturated heterocycles. The number of ether oxygens (including phenoxy) is 1. The van der Waals surface area contributed by atoms with Crippen LogP contribution in [0.1, 0.15) is 75.3 Å². The second-order valence-corrected chi connectivity index (χ2v) is 20.9. The zero-order valence-electron chi connectivity index (χ0n) is 37.8. The highest BCUT2D eigenvalue weighted by atomic mass is 79.9. The predicted octanol–water partition coefficient (Wildman–Crippen LogP) is 3.57.